The van der Waals surface area contributed by atoms with E-state index in [9.17, 15) is 4.79 Å². The number of aryl methyl sites for hydroxylation is 1. The van der Waals surface area contributed by atoms with Crippen LogP contribution in [0.3, 0.4) is 0 Å². The Kier molecular flexibility index (Phi) is 4.35. The lowest BCUT2D eigenvalue weighted by molar-refractivity contribution is 0.0929. The molecule has 1 amide bonds. The summed E-state index contributed by atoms with van der Waals surface area (Å²) in [7, 11) is 0. The number of hydrogen-bond donors (Lipinski definition) is 2. The van der Waals surface area contributed by atoms with Gasteiger partial charge in [0.2, 0.25) is 0 Å². The normalized spacial score (nSPS) is 12.8. The highest BCUT2D eigenvalue weighted by Crippen LogP contribution is 2.23. The Balaban J connectivity index is 2.71. The van der Waals surface area contributed by atoms with Gasteiger partial charge in [0.25, 0.3) is 5.91 Å². The van der Waals surface area contributed by atoms with Gasteiger partial charge in [0.1, 0.15) is 0 Å². The molecule has 1 aromatic rings. The Hall–Kier alpha value is -1.03. The SMILES string of the molecule is CCC(NC(=O)c1cc(N)c(C)s1)C(C)C. The molecule has 1 atom stereocenters. The molecule has 0 aliphatic carbocycles. The molecule has 0 aliphatic heterocycles. The second-order valence-electron chi connectivity index (χ2n) is 4.35. The molecule has 0 fully saturated rings. The summed E-state index contributed by atoms with van der Waals surface area (Å²) in [6.45, 7) is 8.24. The van der Waals surface area contributed by atoms with E-state index >= 15 is 0 Å². The zero-order valence-corrected chi connectivity index (χ0v) is 11.1. The number of carbonyl (C=O) groups is 1. The third-order valence-corrected chi connectivity index (χ3v) is 3.81. The smallest absolute Gasteiger partial charge is 0.261 e. The molecule has 1 aromatic heterocycles. The van der Waals surface area contributed by atoms with Gasteiger partial charge in [-0.2, -0.15) is 0 Å². The Bertz CT molecular complexity index is 352. The average molecular weight is 240 g/mol. The highest BCUT2D eigenvalue weighted by atomic mass is 32.1. The van der Waals surface area contributed by atoms with Crippen LogP contribution in [0.4, 0.5) is 5.69 Å². The zero-order chi connectivity index (χ0) is 12.3. The average Bonchev–Trinajstić information content (AvgIpc) is 2.55. The maximum Gasteiger partial charge on any atom is 0.261 e. The first-order valence-electron chi connectivity index (χ1n) is 5.62. The quantitative estimate of drug-likeness (QED) is 0.850. The molecule has 16 heavy (non-hydrogen) atoms. The second-order valence-corrected chi connectivity index (χ2v) is 5.61. The predicted molar refractivity (Wildman–Crippen MR) is 69.9 cm³/mol. The fourth-order valence-electron chi connectivity index (χ4n) is 1.59. The van der Waals surface area contributed by atoms with Crippen molar-refractivity contribution in [3.63, 3.8) is 0 Å². The molecular formula is C12H20N2OS. The Morgan fingerprint density at radius 1 is 1.56 bits per heavy atom. The van der Waals surface area contributed by atoms with Crippen LogP contribution in [0.15, 0.2) is 6.07 Å². The Morgan fingerprint density at radius 3 is 2.56 bits per heavy atom. The lowest BCUT2D eigenvalue weighted by atomic mass is 10.0. The van der Waals surface area contributed by atoms with E-state index in [1.54, 1.807) is 6.07 Å². The van der Waals surface area contributed by atoms with Crippen molar-refractivity contribution in [1.29, 1.82) is 0 Å². The maximum absolute atomic E-state index is 11.9. The Labute approximate surface area is 101 Å². The van der Waals surface area contributed by atoms with Crippen LogP contribution in [0, 0.1) is 12.8 Å². The maximum atomic E-state index is 11.9. The van der Waals surface area contributed by atoms with E-state index in [1.165, 1.54) is 11.3 Å². The summed E-state index contributed by atoms with van der Waals surface area (Å²) in [5, 5.41) is 3.04. The van der Waals surface area contributed by atoms with Gasteiger partial charge in [0.05, 0.1) is 4.88 Å². The van der Waals surface area contributed by atoms with Gasteiger partial charge in [-0.15, -0.1) is 11.3 Å². The van der Waals surface area contributed by atoms with Crippen molar-refractivity contribution in [3.8, 4) is 0 Å². The van der Waals surface area contributed by atoms with Crippen LogP contribution in [0.1, 0.15) is 41.7 Å². The van der Waals surface area contributed by atoms with Gasteiger partial charge >= 0.3 is 0 Å². The highest BCUT2D eigenvalue weighted by molar-refractivity contribution is 7.14. The van der Waals surface area contributed by atoms with Crippen molar-refractivity contribution < 1.29 is 4.79 Å². The number of nitrogens with one attached hydrogen (secondary N) is 1. The van der Waals surface area contributed by atoms with Crippen molar-refractivity contribution >= 4 is 22.9 Å². The van der Waals surface area contributed by atoms with Crippen molar-refractivity contribution in [1.82, 2.24) is 5.32 Å². The van der Waals surface area contributed by atoms with Gasteiger partial charge in [-0.3, -0.25) is 4.79 Å². The van der Waals surface area contributed by atoms with Gasteiger partial charge in [-0.1, -0.05) is 20.8 Å². The molecule has 1 rings (SSSR count). The van der Waals surface area contributed by atoms with Crippen molar-refractivity contribution in [2.45, 2.75) is 40.2 Å². The van der Waals surface area contributed by atoms with Gasteiger partial charge < -0.3 is 11.1 Å². The molecule has 0 radical (unpaired) electrons. The molecule has 90 valence electrons. The highest BCUT2D eigenvalue weighted by Gasteiger charge is 2.17. The molecule has 0 aliphatic rings. The first-order chi connectivity index (χ1) is 7.45. The predicted octanol–water partition coefficient (Wildman–Crippen LogP) is 2.80. The van der Waals surface area contributed by atoms with Crippen molar-refractivity contribution in [2.24, 2.45) is 5.92 Å². The molecule has 3 N–H and O–H groups in total. The summed E-state index contributed by atoms with van der Waals surface area (Å²) < 4.78 is 0. The van der Waals surface area contributed by atoms with E-state index in [0.29, 0.717) is 16.5 Å². The Morgan fingerprint density at radius 2 is 2.19 bits per heavy atom. The lowest BCUT2D eigenvalue weighted by Gasteiger charge is -2.20. The molecule has 0 saturated heterocycles. The van der Waals surface area contributed by atoms with Crippen LogP contribution in [0.2, 0.25) is 0 Å². The summed E-state index contributed by atoms with van der Waals surface area (Å²) in [5.41, 5.74) is 6.43. The van der Waals surface area contributed by atoms with Crippen LogP contribution in [-0.4, -0.2) is 11.9 Å². The standard InChI is InChI=1S/C12H20N2OS/c1-5-10(7(2)3)14-12(15)11-6-9(13)8(4)16-11/h6-7,10H,5,13H2,1-4H3,(H,14,15). The summed E-state index contributed by atoms with van der Waals surface area (Å²) >= 11 is 1.45. The number of nitrogen functional groups attached to an aromatic ring is 1. The van der Waals surface area contributed by atoms with Crippen LogP contribution >= 0.6 is 11.3 Å². The fourth-order valence-corrected chi connectivity index (χ4v) is 2.43. The summed E-state index contributed by atoms with van der Waals surface area (Å²) in [6, 6.07) is 1.98. The van der Waals surface area contributed by atoms with Crippen LogP contribution in [-0.2, 0) is 0 Å². The number of amides is 1. The van der Waals surface area contributed by atoms with E-state index in [2.05, 4.69) is 26.1 Å². The molecule has 0 bridgehead atoms. The minimum absolute atomic E-state index is 0.00894. The third kappa shape index (κ3) is 2.98. The molecule has 0 spiro atoms. The topological polar surface area (TPSA) is 55.1 Å². The van der Waals surface area contributed by atoms with Crippen molar-refractivity contribution in [2.75, 3.05) is 5.73 Å². The first-order valence-corrected chi connectivity index (χ1v) is 6.44. The third-order valence-electron chi connectivity index (χ3n) is 2.74. The molecule has 3 nitrogen and oxygen atoms in total. The van der Waals surface area contributed by atoms with Gasteiger partial charge in [-0.25, -0.2) is 0 Å². The zero-order valence-electron chi connectivity index (χ0n) is 10.3. The molecule has 0 aromatic carbocycles. The number of carbonyl (C=O) groups excluding carboxylic acids is 1. The summed E-state index contributed by atoms with van der Waals surface area (Å²) in [6.07, 6.45) is 0.948. The minimum atomic E-state index is -0.00894. The van der Waals surface area contributed by atoms with E-state index in [0.717, 1.165) is 11.3 Å². The van der Waals surface area contributed by atoms with Crippen LogP contribution < -0.4 is 11.1 Å². The number of nitrogens with two attached hydrogens (primary N) is 1. The monoisotopic (exact) mass is 240 g/mol. The fraction of sp³-hybridized carbons (Fsp3) is 0.583. The molecule has 1 unspecified atom stereocenters. The number of anilines is 1. The van der Waals surface area contributed by atoms with Crippen molar-refractivity contribution in [3.05, 3.63) is 15.8 Å². The molecule has 1 heterocycles. The van der Waals surface area contributed by atoms with Crippen LogP contribution in [0.5, 0.6) is 0 Å². The van der Waals surface area contributed by atoms with E-state index in [-0.39, 0.29) is 11.9 Å². The van der Waals surface area contributed by atoms with Gasteiger partial charge in [-0.05, 0) is 25.3 Å². The first kappa shape index (κ1) is 13.0. The molecule has 0 saturated carbocycles. The number of rotatable bonds is 4. The second kappa shape index (κ2) is 5.34. The summed E-state index contributed by atoms with van der Waals surface area (Å²) in [5.74, 6) is 0.442. The van der Waals surface area contributed by atoms with Gasteiger partial charge in [0.15, 0.2) is 0 Å². The van der Waals surface area contributed by atoms with E-state index < -0.39 is 0 Å². The number of hydrogen-bond acceptors (Lipinski definition) is 3. The molecular weight excluding hydrogens is 220 g/mol. The minimum Gasteiger partial charge on any atom is -0.398 e. The van der Waals surface area contributed by atoms with Gasteiger partial charge in [0, 0.05) is 16.6 Å². The van der Waals surface area contributed by atoms with Crippen LogP contribution in [0.25, 0.3) is 0 Å². The largest absolute Gasteiger partial charge is 0.398 e. The summed E-state index contributed by atoms with van der Waals surface area (Å²) in [4.78, 5) is 13.6. The molecule has 4 heteroatoms. The van der Waals surface area contributed by atoms with E-state index in [4.69, 9.17) is 5.73 Å². The lowest BCUT2D eigenvalue weighted by Crippen LogP contribution is -2.37. The van der Waals surface area contributed by atoms with E-state index in [1.807, 2.05) is 6.92 Å². The number of thiophene rings is 1.